The summed E-state index contributed by atoms with van der Waals surface area (Å²) < 4.78 is 12.6. The standard InChI is InChI=1S/C11H15FN2O2.ClH/c1-7(13)11(16)14-6-10(15)8-2-4-9(12)5-3-8;/h2-5,7,10,15H,6,13H2,1H3,(H,14,16);1H/t7-,10?;/m1./s1. The zero-order chi connectivity index (χ0) is 12.1. The Labute approximate surface area is 105 Å². The van der Waals surface area contributed by atoms with Gasteiger partial charge in [-0.3, -0.25) is 4.79 Å². The highest BCUT2D eigenvalue weighted by Gasteiger charge is 2.11. The minimum absolute atomic E-state index is 0. The van der Waals surface area contributed by atoms with Gasteiger partial charge in [0.25, 0.3) is 0 Å². The number of amides is 1. The van der Waals surface area contributed by atoms with Gasteiger partial charge >= 0.3 is 0 Å². The van der Waals surface area contributed by atoms with Crippen LogP contribution < -0.4 is 11.1 Å². The van der Waals surface area contributed by atoms with E-state index in [0.717, 1.165) is 0 Å². The van der Waals surface area contributed by atoms with E-state index in [-0.39, 0.29) is 30.7 Å². The van der Waals surface area contributed by atoms with Crippen molar-refractivity contribution in [1.82, 2.24) is 5.32 Å². The van der Waals surface area contributed by atoms with Gasteiger partial charge in [-0.2, -0.15) is 0 Å². The van der Waals surface area contributed by atoms with Gasteiger partial charge in [-0.05, 0) is 24.6 Å². The monoisotopic (exact) mass is 262 g/mol. The summed E-state index contributed by atoms with van der Waals surface area (Å²) in [6, 6.07) is 4.84. The first-order chi connectivity index (χ1) is 7.50. The Kier molecular flexibility index (Phi) is 6.72. The fraction of sp³-hybridized carbons (Fsp3) is 0.364. The maximum Gasteiger partial charge on any atom is 0.236 e. The van der Waals surface area contributed by atoms with Crippen LogP contribution in [0, 0.1) is 5.82 Å². The summed E-state index contributed by atoms with van der Waals surface area (Å²) in [5.41, 5.74) is 5.89. The largest absolute Gasteiger partial charge is 0.387 e. The van der Waals surface area contributed by atoms with E-state index >= 15 is 0 Å². The molecule has 0 fully saturated rings. The van der Waals surface area contributed by atoms with E-state index in [1.165, 1.54) is 24.3 Å². The Balaban J connectivity index is 0.00000256. The zero-order valence-corrected chi connectivity index (χ0v) is 10.2. The summed E-state index contributed by atoms with van der Waals surface area (Å²) in [6.45, 7) is 1.62. The van der Waals surface area contributed by atoms with Gasteiger partial charge in [0.15, 0.2) is 0 Å². The molecule has 1 aromatic carbocycles. The van der Waals surface area contributed by atoms with Gasteiger partial charge in [0.1, 0.15) is 5.82 Å². The second-order valence-electron chi connectivity index (χ2n) is 3.60. The number of hydrogen-bond acceptors (Lipinski definition) is 3. The average molecular weight is 263 g/mol. The second-order valence-corrected chi connectivity index (χ2v) is 3.60. The quantitative estimate of drug-likeness (QED) is 0.749. The van der Waals surface area contributed by atoms with E-state index in [2.05, 4.69) is 5.32 Å². The maximum atomic E-state index is 12.6. The first-order valence-corrected chi connectivity index (χ1v) is 4.97. The van der Waals surface area contributed by atoms with Crippen molar-refractivity contribution in [3.63, 3.8) is 0 Å². The molecule has 0 saturated carbocycles. The molecule has 4 N–H and O–H groups in total. The molecule has 0 spiro atoms. The molecule has 4 nitrogen and oxygen atoms in total. The van der Waals surface area contributed by atoms with Crippen LogP contribution in [0.3, 0.4) is 0 Å². The molecule has 0 bridgehead atoms. The molecule has 0 aromatic heterocycles. The third-order valence-corrected chi connectivity index (χ3v) is 2.14. The van der Waals surface area contributed by atoms with Crippen molar-refractivity contribution in [2.24, 2.45) is 5.73 Å². The van der Waals surface area contributed by atoms with Crippen LogP contribution in [-0.4, -0.2) is 23.6 Å². The van der Waals surface area contributed by atoms with Crippen LogP contribution in [0.1, 0.15) is 18.6 Å². The summed E-state index contributed by atoms with van der Waals surface area (Å²) in [5, 5.41) is 12.2. The molecule has 0 aliphatic carbocycles. The van der Waals surface area contributed by atoms with E-state index in [1.807, 2.05) is 0 Å². The Bertz CT molecular complexity index is 357. The van der Waals surface area contributed by atoms with Crippen LogP contribution in [0.25, 0.3) is 0 Å². The molecular formula is C11H16ClFN2O2. The molecule has 6 heteroatoms. The predicted molar refractivity (Wildman–Crippen MR) is 65.3 cm³/mol. The molecular weight excluding hydrogens is 247 g/mol. The predicted octanol–water partition coefficient (Wildman–Crippen LogP) is 0.744. The highest BCUT2D eigenvalue weighted by atomic mass is 35.5. The van der Waals surface area contributed by atoms with Gasteiger partial charge in [0.2, 0.25) is 5.91 Å². The number of hydrogen-bond donors (Lipinski definition) is 3. The summed E-state index contributed by atoms with van der Waals surface area (Å²) in [4.78, 5) is 11.1. The number of aliphatic hydroxyl groups is 1. The molecule has 1 amide bonds. The SMILES string of the molecule is C[C@@H](N)C(=O)NCC(O)c1ccc(F)cc1.Cl. The second kappa shape index (κ2) is 7.21. The van der Waals surface area contributed by atoms with Crippen molar-refractivity contribution in [2.75, 3.05) is 6.54 Å². The normalized spacial score (nSPS) is 13.4. The number of nitrogens with one attached hydrogen (secondary N) is 1. The number of benzene rings is 1. The van der Waals surface area contributed by atoms with Crippen LogP contribution in [0.4, 0.5) is 4.39 Å². The Morgan fingerprint density at radius 2 is 2.00 bits per heavy atom. The minimum atomic E-state index is -0.858. The van der Waals surface area contributed by atoms with Gasteiger partial charge in [0.05, 0.1) is 12.1 Å². The number of carbonyl (C=O) groups excluding carboxylic acids is 1. The molecule has 0 aliphatic rings. The van der Waals surface area contributed by atoms with Crippen molar-refractivity contribution in [1.29, 1.82) is 0 Å². The number of aliphatic hydroxyl groups excluding tert-OH is 1. The lowest BCUT2D eigenvalue weighted by Crippen LogP contribution is -2.40. The van der Waals surface area contributed by atoms with Gasteiger partial charge in [0, 0.05) is 6.54 Å². The summed E-state index contributed by atoms with van der Waals surface area (Å²) in [6.07, 6.45) is -0.858. The fourth-order valence-electron chi connectivity index (χ4n) is 1.16. The molecule has 1 rings (SSSR count). The lowest BCUT2D eigenvalue weighted by molar-refractivity contribution is -0.122. The van der Waals surface area contributed by atoms with Crippen LogP contribution in [0.15, 0.2) is 24.3 Å². The first kappa shape index (κ1) is 15.8. The molecule has 0 heterocycles. The van der Waals surface area contributed by atoms with Crippen molar-refractivity contribution < 1.29 is 14.3 Å². The molecule has 96 valence electrons. The van der Waals surface area contributed by atoms with Crippen LogP contribution in [-0.2, 0) is 4.79 Å². The lowest BCUT2D eigenvalue weighted by atomic mass is 10.1. The van der Waals surface area contributed by atoms with Gasteiger partial charge in [-0.15, -0.1) is 12.4 Å². The Hall–Kier alpha value is -1.17. The average Bonchev–Trinajstić information content (AvgIpc) is 2.26. The van der Waals surface area contributed by atoms with Gasteiger partial charge in [-0.1, -0.05) is 12.1 Å². The molecule has 2 atom stereocenters. The number of halogens is 2. The van der Waals surface area contributed by atoms with Crippen LogP contribution in [0.2, 0.25) is 0 Å². The molecule has 0 radical (unpaired) electrons. The van der Waals surface area contributed by atoms with Gasteiger partial charge < -0.3 is 16.2 Å². The van der Waals surface area contributed by atoms with Crippen LogP contribution in [0.5, 0.6) is 0 Å². The summed E-state index contributed by atoms with van der Waals surface area (Å²) in [7, 11) is 0. The first-order valence-electron chi connectivity index (χ1n) is 4.97. The van der Waals surface area contributed by atoms with E-state index in [4.69, 9.17) is 5.73 Å². The Morgan fingerprint density at radius 1 is 1.47 bits per heavy atom. The highest BCUT2D eigenvalue weighted by Crippen LogP contribution is 2.12. The molecule has 17 heavy (non-hydrogen) atoms. The van der Waals surface area contributed by atoms with E-state index < -0.39 is 12.1 Å². The molecule has 0 saturated heterocycles. The van der Waals surface area contributed by atoms with Gasteiger partial charge in [-0.25, -0.2) is 4.39 Å². The topological polar surface area (TPSA) is 75.4 Å². The maximum absolute atomic E-state index is 12.6. The van der Waals surface area contributed by atoms with Crippen molar-refractivity contribution in [3.05, 3.63) is 35.6 Å². The molecule has 0 aliphatic heterocycles. The van der Waals surface area contributed by atoms with E-state index in [9.17, 15) is 14.3 Å². The molecule has 1 unspecified atom stereocenters. The summed E-state index contributed by atoms with van der Waals surface area (Å²) >= 11 is 0. The Morgan fingerprint density at radius 3 is 2.47 bits per heavy atom. The minimum Gasteiger partial charge on any atom is -0.387 e. The molecule has 1 aromatic rings. The van der Waals surface area contributed by atoms with Crippen molar-refractivity contribution in [2.45, 2.75) is 19.1 Å². The number of nitrogens with two attached hydrogens (primary N) is 1. The van der Waals surface area contributed by atoms with E-state index in [1.54, 1.807) is 6.92 Å². The third kappa shape index (κ3) is 5.12. The third-order valence-electron chi connectivity index (χ3n) is 2.14. The zero-order valence-electron chi connectivity index (χ0n) is 9.39. The van der Waals surface area contributed by atoms with Crippen LogP contribution >= 0.6 is 12.4 Å². The number of rotatable bonds is 4. The summed E-state index contributed by atoms with van der Waals surface area (Å²) in [5.74, 6) is -0.697. The fourth-order valence-corrected chi connectivity index (χ4v) is 1.16. The van der Waals surface area contributed by atoms with Crippen molar-refractivity contribution in [3.8, 4) is 0 Å². The van der Waals surface area contributed by atoms with Crippen molar-refractivity contribution >= 4 is 18.3 Å². The highest BCUT2D eigenvalue weighted by molar-refractivity contribution is 5.85. The smallest absolute Gasteiger partial charge is 0.236 e. The van der Waals surface area contributed by atoms with E-state index in [0.29, 0.717) is 5.56 Å². The number of carbonyl (C=O) groups is 1. The lowest BCUT2D eigenvalue weighted by Gasteiger charge is -2.13.